The number of anilines is 11. The molecule has 1 aliphatic carbocycles. The predicted molar refractivity (Wildman–Crippen MR) is 444 cm³/mol. The van der Waals surface area contributed by atoms with Gasteiger partial charge in [0.05, 0.1) is 11.4 Å². The molecule has 0 bridgehead atoms. The summed E-state index contributed by atoms with van der Waals surface area (Å²) in [7, 11) is 0. The van der Waals surface area contributed by atoms with Crippen molar-refractivity contribution in [2.75, 3.05) is 19.6 Å². The van der Waals surface area contributed by atoms with Crippen molar-refractivity contribution in [2.45, 2.75) is 22.9 Å². The fourth-order valence-corrected chi connectivity index (χ4v) is 18.5. The molecule has 0 fully saturated rings. The number of allylic oxidation sites excluding steroid dienone is 2. The van der Waals surface area contributed by atoms with E-state index in [1.54, 1.807) is 0 Å². The van der Waals surface area contributed by atoms with Crippen LogP contribution in [-0.2, 0) is 0 Å². The highest BCUT2D eigenvalue weighted by atomic mass is 32.2. The molecular weight excluding hydrogens is 1290 g/mol. The Morgan fingerprint density at radius 3 is 1.28 bits per heavy atom. The van der Waals surface area contributed by atoms with Crippen molar-refractivity contribution in [2.24, 2.45) is 0 Å². The molecule has 105 heavy (non-hydrogen) atoms. The lowest BCUT2D eigenvalue weighted by Crippen LogP contribution is -2.59. The third kappa shape index (κ3) is 10.8. The van der Waals surface area contributed by atoms with E-state index in [4.69, 9.17) is 4.74 Å². The monoisotopic (exact) mass is 1360 g/mol. The number of para-hydroxylation sites is 4. The molecule has 8 heteroatoms. The van der Waals surface area contributed by atoms with Crippen molar-refractivity contribution < 1.29 is 4.74 Å². The number of fused-ring (bicyclic) bond motifs is 8. The van der Waals surface area contributed by atoms with E-state index < -0.39 is 0 Å². The first-order valence-corrected chi connectivity index (χ1v) is 37.2. The Kier molecular flexibility index (Phi) is 15.3. The lowest BCUT2D eigenvalue weighted by atomic mass is 9.28. The maximum atomic E-state index is 7.50. The average molecular weight is 1360 g/mol. The van der Waals surface area contributed by atoms with Gasteiger partial charge < -0.3 is 24.3 Å². The highest BCUT2D eigenvalue weighted by Gasteiger charge is 2.52. The van der Waals surface area contributed by atoms with Gasteiger partial charge in [0.25, 0.3) is 6.71 Å². The van der Waals surface area contributed by atoms with Gasteiger partial charge in [0.1, 0.15) is 11.5 Å². The minimum atomic E-state index is -0.173. The van der Waals surface area contributed by atoms with E-state index in [1.165, 1.54) is 77.3 Å². The Hall–Kier alpha value is -12.7. The highest BCUT2D eigenvalue weighted by molar-refractivity contribution is 8.00. The second-order valence-electron chi connectivity index (χ2n) is 27.9. The van der Waals surface area contributed by atoms with Crippen LogP contribution in [0, 0.1) is 6.92 Å². The van der Waals surface area contributed by atoms with Crippen molar-refractivity contribution in [1.82, 2.24) is 0 Å². The number of benzene rings is 15. The van der Waals surface area contributed by atoms with Gasteiger partial charge in [-0.25, -0.2) is 0 Å². The van der Waals surface area contributed by atoms with Gasteiger partial charge in [-0.1, -0.05) is 279 Å². The quantitative estimate of drug-likeness (QED) is 0.107. The number of nitrogens with zero attached hydrogens (tertiary/aromatic N) is 4. The zero-order valence-corrected chi connectivity index (χ0v) is 58.6. The van der Waals surface area contributed by atoms with E-state index in [1.807, 2.05) is 11.8 Å². The minimum absolute atomic E-state index is 0.0132. The van der Waals surface area contributed by atoms with Crippen molar-refractivity contribution in [3.05, 3.63) is 399 Å². The first-order valence-electron chi connectivity index (χ1n) is 36.3. The molecule has 4 aliphatic heterocycles. The molecule has 4 heterocycles. The molecule has 5 nitrogen and oxygen atoms in total. The van der Waals surface area contributed by atoms with Crippen LogP contribution < -0.4 is 46.2 Å². The highest BCUT2D eigenvalue weighted by Crippen LogP contribution is 2.57. The molecule has 5 aliphatic rings. The summed E-state index contributed by atoms with van der Waals surface area (Å²) in [5.74, 6) is 1.75. The van der Waals surface area contributed by atoms with Crippen LogP contribution in [0.15, 0.2) is 398 Å². The molecule has 20 rings (SSSR count). The largest absolute Gasteiger partial charge is 0.458 e. The predicted octanol–water partition coefficient (Wildman–Crippen LogP) is 23.4. The molecule has 0 N–H and O–H groups in total. The summed E-state index contributed by atoms with van der Waals surface area (Å²) in [5.41, 5.74) is 32.3. The standard InChI is InChI=1S/C97H68B2N4OS/c1-65-25-24-38-82(74-34-16-6-17-35-74)97(65)103-88-64-93-86(63-85(88)99-84-40-21-23-42-91(84)104-92-61-80(59-89(103)95(92)99)100(76-51-43-70(44-52-76)66-26-8-2-9-27-66)77-53-45-71(46-54-77)67-28-10-3-11-29-67)98-83-39-20-22-41-87(83)102(75-36-18-7-19-37-75)90-60-81(62-94(105-93)96(90)98)101(78-55-47-72(48-56-78)68-30-12-4-13-31-68)79-57-49-73(50-58-79)69-32-14-5-15-33-69/h2-64,86,93H,1H3. The van der Waals surface area contributed by atoms with Crippen LogP contribution in [-0.4, -0.2) is 18.7 Å². The topological polar surface area (TPSA) is 22.2 Å². The molecule has 0 saturated heterocycles. The summed E-state index contributed by atoms with van der Waals surface area (Å²) in [4.78, 5) is 11.4. The van der Waals surface area contributed by atoms with Gasteiger partial charge in [-0.05, 0) is 193 Å². The van der Waals surface area contributed by atoms with E-state index in [0.29, 0.717) is 0 Å². The number of aryl methyl sites for hydroxylation is 1. The molecule has 2 atom stereocenters. The number of ether oxygens (including phenoxy) is 1. The third-order valence-corrected chi connectivity index (χ3v) is 23.1. The lowest BCUT2D eigenvalue weighted by Gasteiger charge is -2.49. The van der Waals surface area contributed by atoms with Crippen LogP contribution in [0.3, 0.4) is 0 Å². The van der Waals surface area contributed by atoms with Crippen LogP contribution in [0.5, 0.6) is 11.5 Å². The number of rotatable bonds is 13. The first-order chi connectivity index (χ1) is 52.0. The molecule has 0 spiro atoms. The van der Waals surface area contributed by atoms with Crippen LogP contribution in [0.2, 0.25) is 5.82 Å². The Balaban J connectivity index is 0.816. The molecule has 0 amide bonds. The van der Waals surface area contributed by atoms with Gasteiger partial charge in [-0.2, -0.15) is 0 Å². The lowest BCUT2D eigenvalue weighted by molar-refractivity contribution is 0.487. The van der Waals surface area contributed by atoms with Crippen LogP contribution in [0.4, 0.5) is 62.6 Å². The fourth-order valence-electron chi connectivity index (χ4n) is 17.1. The van der Waals surface area contributed by atoms with Gasteiger partial charge in [-0.15, -0.1) is 11.8 Å². The van der Waals surface area contributed by atoms with E-state index in [9.17, 15) is 0 Å². The summed E-state index contributed by atoms with van der Waals surface area (Å²) >= 11 is 2.02. The zero-order chi connectivity index (χ0) is 69.5. The molecular formula is C97H68B2N4OS. The Bertz CT molecular complexity index is 5700. The van der Waals surface area contributed by atoms with Gasteiger partial charge in [0.15, 0.2) is 0 Å². The van der Waals surface area contributed by atoms with E-state index >= 15 is 0 Å². The SMILES string of the molecule is Cc1cccc(-c2ccccc2)c1N1C2=CC3Sc4cc(N(c5ccc(-c6ccccc6)cc5)c5ccc(-c6ccccc6)cc5)cc5c4B(c4ccccc4N5c4ccccc4)C3C=C2B2c3ccccc3Oc3cc(N(c4ccc(-c5ccccc5)cc4)c4ccc(-c5ccccc5)cc4)cc1c32. The molecule has 15 aromatic rings. The van der Waals surface area contributed by atoms with Crippen LogP contribution in [0.25, 0.3) is 55.6 Å². The van der Waals surface area contributed by atoms with Crippen molar-refractivity contribution in [3.63, 3.8) is 0 Å². The van der Waals surface area contributed by atoms with Crippen LogP contribution in [0.1, 0.15) is 5.56 Å². The Morgan fingerprint density at radius 2 is 0.762 bits per heavy atom. The summed E-state index contributed by atoms with van der Waals surface area (Å²) in [6.45, 7) is 2.11. The molecule has 2 unspecified atom stereocenters. The third-order valence-electron chi connectivity index (χ3n) is 21.8. The van der Waals surface area contributed by atoms with E-state index in [2.05, 4.69) is 409 Å². The summed E-state index contributed by atoms with van der Waals surface area (Å²) in [5, 5.41) is -0.0156. The van der Waals surface area contributed by atoms with Crippen molar-refractivity contribution in [1.29, 1.82) is 0 Å². The van der Waals surface area contributed by atoms with Crippen molar-refractivity contribution >= 4 is 110 Å². The Morgan fingerprint density at radius 1 is 0.333 bits per heavy atom. The maximum absolute atomic E-state index is 7.50. The van der Waals surface area contributed by atoms with Gasteiger partial charge >= 0.3 is 0 Å². The number of hydrogen-bond acceptors (Lipinski definition) is 6. The summed E-state index contributed by atoms with van der Waals surface area (Å²) < 4.78 is 7.50. The summed E-state index contributed by atoms with van der Waals surface area (Å²) in [6.07, 6.45) is 5.42. The summed E-state index contributed by atoms with van der Waals surface area (Å²) in [6, 6.07) is 136. The van der Waals surface area contributed by atoms with Gasteiger partial charge in [0, 0.05) is 78.7 Å². The normalized spacial score (nSPS) is 14.8. The molecule has 15 aromatic carbocycles. The molecule has 0 saturated carbocycles. The number of hydrogen-bond donors (Lipinski definition) is 0. The van der Waals surface area contributed by atoms with Crippen LogP contribution >= 0.6 is 11.8 Å². The maximum Gasteiger partial charge on any atom is 0.255 e. The average Bonchev–Trinajstić information content (AvgIpc) is 0.707. The van der Waals surface area contributed by atoms with Gasteiger partial charge in [0.2, 0.25) is 6.71 Å². The smallest absolute Gasteiger partial charge is 0.255 e. The minimum Gasteiger partial charge on any atom is -0.458 e. The first kappa shape index (κ1) is 62.1. The second-order valence-corrected chi connectivity index (χ2v) is 29.1. The zero-order valence-electron chi connectivity index (χ0n) is 57.8. The molecule has 0 aromatic heterocycles. The number of thioether (sulfide) groups is 1. The second kappa shape index (κ2) is 26.0. The van der Waals surface area contributed by atoms with E-state index in [0.717, 1.165) is 95.9 Å². The molecule has 0 radical (unpaired) electrons. The fraction of sp³-hybridized carbons (Fsp3) is 0.0309. The van der Waals surface area contributed by atoms with Crippen molar-refractivity contribution in [3.8, 4) is 67.1 Å². The van der Waals surface area contributed by atoms with E-state index in [-0.39, 0.29) is 24.5 Å². The van der Waals surface area contributed by atoms with Gasteiger partial charge in [-0.3, -0.25) is 0 Å². The molecule has 494 valence electrons. The Labute approximate surface area is 618 Å².